The summed E-state index contributed by atoms with van der Waals surface area (Å²) in [5, 5.41) is 0. The summed E-state index contributed by atoms with van der Waals surface area (Å²) >= 11 is 0. The van der Waals surface area contributed by atoms with Crippen molar-refractivity contribution >= 4 is 0 Å². The van der Waals surface area contributed by atoms with Gasteiger partial charge in [0, 0.05) is 12.5 Å². The molecule has 2 heterocycles. The van der Waals surface area contributed by atoms with Crippen molar-refractivity contribution in [2.24, 2.45) is 11.7 Å². The van der Waals surface area contributed by atoms with Crippen molar-refractivity contribution in [2.45, 2.75) is 38.3 Å². The monoisotopic (exact) mass is 277 g/mol. The van der Waals surface area contributed by atoms with Crippen LogP contribution in [0.3, 0.4) is 0 Å². The summed E-state index contributed by atoms with van der Waals surface area (Å²) in [4.78, 5) is 0. The summed E-state index contributed by atoms with van der Waals surface area (Å²) in [6.45, 7) is 4.32. The fraction of sp³-hybridized carbons (Fsp3) is 0.625. The molecule has 110 valence electrons. The molecular weight excluding hydrogens is 254 g/mol. The average molecular weight is 277 g/mol. The Hall–Kier alpha value is -1.26. The quantitative estimate of drug-likeness (QED) is 0.903. The van der Waals surface area contributed by atoms with E-state index in [2.05, 4.69) is 6.92 Å². The molecule has 1 saturated heterocycles. The molecule has 3 atom stereocenters. The molecule has 0 radical (unpaired) electrons. The Labute approximate surface area is 120 Å². The Morgan fingerprint density at radius 2 is 1.95 bits per heavy atom. The van der Waals surface area contributed by atoms with Crippen LogP contribution in [-0.4, -0.2) is 25.9 Å². The zero-order valence-corrected chi connectivity index (χ0v) is 12.0. The Balaban J connectivity index is 1.77. The largest absolute Gasteiger partial charge is 0.489 e. The summed E-state index contributed by atoms with van der Waals surface area (Å²) in [5.74, 6) is 2.02. The third-order valence-corrected chi connectivity index (χ3v) is 4.01. The Kier molecular flexibility index (Phi) is 4.13. The molecule has 0 saturated carbocycles. The van der Waals surface area contributed by atoms with Crippen molar-refractivity contribution in [1.82, 2.24) is 0 Å². The highest BCUT2D eigenvalue weighted by Crippen LogP contribution is 2.34. The van der Waals surface area contributed by atoms with Gasteiger partial charge in [-0.25, -0.2) is 0 Å². The first-order chi connectivity index (χ1) is 9.74. The second kappa shape index (κ2) is 6.02. The molecular formula is C16H23NO3. The van der Waals surface area contributed by atoms with Gasteiger partial charge in [-0.3, -0.25) is 0 Å². The Morgan fingerprint density at radius 3 is 2.70 bits per heavy atom. The predicted molar refractivity (Wildman–Crippen MR) is 77.1 cm³/mol. The smallest absolute Gasteiger partial charge is 0.161 e. The number of fused-ring (bicyclic) bond motifs is 1. The van der Waals surface area contributed by atoms with E-state index in [0.717, 1.165) is 36.5 Å². The van der Waals surface area contributed by atoms with Crippen LogP contribution in [0, 0.1) is 5.92 Å². The zero-order chi connectivity index (χ0) is 13.9. The lowest BCUT2D eigenvalue weighted by Crippen LogP contribution is -2.31. The molecule has 0 aromatic heterocycles. The molecule has 0 amide bonds. The number of benzene rings is 1. The van der Waals surface area contributed by atoms with E-state index in [1.807, 2.05) is 18.2 Å². The van der Waals surface area contributed by atoms with Crippen LogP contribution in [0.1, 0.15) is 37.8 Å². The highest BCUT2D eigenvalue weighted by atomic mass is 16.5. The topological polar surface area (TPSA) is 53.7 Å². The normalized spacial score (nSPS) is 27.7. The van der Waals surface area contributed by atoms with E-state index in [1.54, 1.807) is 0 Å². The van der Waals surface area contributed by atoms with E-state index in [9.17, 15) is 0 Å². The molecule has 4 nitrogen and oxygen atoms in total. The van der Waals surface area contributed by atoms with Crippen LogP contribution in [0.2, 0.25) is 0 Å². The lowest BCUT2D eigenvalue weighted by molar-refractivity contribution is -0.0000264. The molecule has 3 rings (SSSR count). The van der Waals surface area contributed by atoms with Crippen LogP contribution in [0.25, 0.3) is 0 Å². The highest BCUT2D eigenvalue weighted by Gasteiger charge is 2.24. The van der Waals surface area contributed by atoms with E-state index in [-0.39, 0.29) is 12.1 Å². The SMILES string of the molecule is CC1COc2ccc(C(N)C3CCCCO3)cc2OC1. The highest BCUT2D eigenvalue weighted by molar-refractivity contribution is 5.44. The van der Waals surface area contributed by atoms with E-state index in [4.69, 9.17) is 19.9 Å². The Morgan fingerprint density at radius 1 is 1.15 bits per heavy atom. The number of rotatable bonds is 2. The molecule has 20 heavy (non-hydrogen) atoms. The average Bonchev–Trinajstić information content (AvgIpc) is 2.69. The van der Waals surface area contributed by atoms with Crippen molar-refractivity contribution in [3.05, 3.63) is 23.8 Å². The van der Waals surface area contributed by atoms with Gasteiger partial charge in [-0.2, -0.15) is 0 Å². The van der Waals surface area contributed by atoms with E-state index < -0.39 is 0 Å². The predicted octanol–water partition coefficient (Wildman–Crippen LogP) is 2.66. The maximum absolute atomic E-state index is 6.35. The van der Waals surface area contributed by atoms with E-state index in [1.165, 1.54) is 6.42 Å². The minimum Gasteiger partial charge on any atom is -0.489 e. The maximum atomic E-state index is 6.35. The van der Waals surface area contributed by atoms with Crippen molar-refractivity contribution in [3.8, 4) is 11.5 Å². The third kappa shape index (κ3) is 2.91. The molecule has 0 aliphatic carbocycles. The van der Waals surface area contributed by atoms with Gasteiger partial charge in [-0.15, -0.1) is 0 Å². The number of hydrogen-bond donors (Lipinski definition) is 1. The summed E-state index contributed by atoms with van der Waals surface area (Å²) in [7, 11) is 0. The van der Waals surface area contributed by atoms with Gasteiger partial charge >= 0.3 is 0 Å². The molecule has 2 aliphatic heterocycles. The molecule has 4 heteroatoms. The lowest BCUT2D eigenvalue weighted by atomic mass is 9.96. The van der Waals surface area contributed by atoms with E-state index in [0.29, 0.717) is 19.1 Å². The maximum Gasteiger partial charge on any atom is 0.161 e. The second-order valence-electron chi connectivity index (χ2n) is 5.86. The molecule has 1 aromatic rings. The van der Waals surface area contributed by atoms with Gasteiger partial charge in [0.25, 0.3) is 0 Å². The second-order valence-corrected chi connectivity index (χ2v) is 5.86. The molecule has 0 bridgehead atoms. The first kappa shape index (κ1) is 13.7. The van der Waals surface area contributed by atoms with Crippen LogP contribution < -0.4 is 15.2 Å². The van der Waals surface area contributed by atoms with Crippen LogP contribution in [0.15, 0.2) is 18.2 Å². The van der Waals surface area contributed by atoms with Gasteiger partial charge in [0.2, 0.25) is 0 Å². The van der Waals surface area contributed by atoms with Gasteiger partial charge in [0.15, 0.2) is 11.5 Å². The van der Waals surface area contributed by atoms with Gasteiger partial charge in [-0.1, -0.05) is 13.0 Å². The van der Waals surface area contributed by atoms with Gasteiger partial charge < -0.3 is 19.9 Å². The molecule has 2 aliphatic rings. The van der Waals surface area contributed by atoms with Crippen LogP contribution in [0.5, 0.6) is 11.5 Å². The summed E-state index contributed by atoms with van der Waals surface area (Å²) in [5.41, 5.74) is 7.41. The summed E-state index contributed by atoms with van der Waals surface area (Å²) in [6, 6.07) is 5.91. The number of hydrogen-bond acceptors (Lipinski definition) is 4. The van der Waals surface area contributed by atoms with Crippen LogP contribution in [0.4, 0.5) is 0 Å². The molecule has 1 fully saturated rings. The van der Waals surface area contributed by atoms with E-state index >= 15 is 0 Å². The summed E-state index contributed by atoms with van der Waals surface area (Å²) < 4.78 is 17.3. The molecule has 2 N–H and O–H groups in total. The molecule has 3 unspecified atom stereocenters. The van der Waals surface area contributed by atoms with Gasteiger partial charge in [0.1, 0.15) is 0 Å². The number of ether oxygens (including phenoxy) is 3. The first-order valence-electron chi connectivity index (χ1n) is 7.51. The first-order valence-corrected chi connectivity index (χ1v) is 7.51. The van der Waals surface area contributed by atoms with Crippen molar-refractivity contribution in [1.29, 1.82) is 0 Å². The minimum atomic E-state index is -0.0927. The summed E-state index contributed by atoms with van der Waals surface area (Å²) in [6.07, 6.45) is 3.49. The van der Waals surface area contributed by atoms with Crippen molar-refractivity contribution < 1.29 is 14.2 Å². The third-order valence-electron chi connectivity index (χ3n) is 4.01. The Bertz CT molecular complexity index is 457. The number of nitrogens with two attached hydrogens (primary N) is 1. The van der Waals surface area contributed by atoms with Gasteiger partial charge in [-0.05, 0) is 37.0 Å². The van der Waals surface area contributed by atoms with Gasteiger partial charge in [0.05, 0.1) is 25.4 Å². The zero-order valence-electron chi connectivity index (χ0n) is 12.0. The molecule has 1 aromatic carbocycles. The minimum absolute atomic E-state index is 0.0927. The van der Waals surface area contributed by atoms with Crippen LogP contribution in [-0.2, 0) is 4.74 Å². The van der Waals surface area contributed by atoms with Crippen molar-refractivity contribution in [2.75, 3.05) is 19.8 Å². The fourth-order valence-corrected chi connectivity index (χ4v) is 2.74. The van der Waals surface area contributed by atoms with Crippen molar-refractivity contribution in [3.63, 3.8) is 0 Å². The van der Waals surface area contributed by atoms with Crippen LogP contribution >= 0.6 is 0 Å². The lowest BCUT2D eigenvalue weighted by Gasteiger charge is -2.28. The fourth-order valence-electron chi connectivity index (χ4n) is 2.74. The standard InChI is InChI=1S/C16H23NO3/c1-11-9-19-13-6-5-12(8-15(13)20-10-11)16(17)14-4-2-3-7-18-14/h5-6,8,11,14,16H,2-4,7,9-10,17H2,1H3. The molecule has 0 spiro atoms.